The van der Waals surface area contributed by atoms with Gasteiger partial charge in [-0.2, -0.15) is 8.78 Å². The zero-order valence-electron chi connectivity index (χ0n) is 14.2. The van der Waals surface area contributed by atoms with Crippen LogP contribution in [0.5, 0.6) is 0 Å². The summed E-state index contributed by atoms with van der Waals surface area (Å²) in [4.78, 5) is 4.23. The Balaban J connectivity index is 1.56. The van der Waals surface area contributed by atoms with Crippen LogP contribution in [0.1, 0.15) is 12.2 Å². The van der Waals surface area contributed by atoms with Gasteiger partial charge in [0.15, 0.2) is 0 Å². The van der Waals surface area contributed by atoms with E-state index in [1.807, 2.05) is 31.3 Å². The smallest absolute Gasteiger partial charge is 0.341 e. The number of hydrogen-bond acceptors (Lipinski definition) is 4. The molecular formula is C18H19F2N3O2S. The van der Waals surface area contributed by atoms with Gasteiger partial charge in [0.2, 0.25) is 9.84 Å². The highest BCUT2D eigenvalue weighted by Crippen LogP contribution is 2.20. The summed E-state index contributed by atoms with van der Waals surface area (Å²) in [6, 6.07) is 13.3. The van der Waals surface area contributed by atoms with Crippen molar-refractivity contribution >= 4 is 26.6 Å². The lowest BCUT2D eigenvalue weighted by Gasteiger charge is -2.08. The van der Waals surface area contributed by atoms with Crippen LogP contribution >= 0.6 is 0 Å². The van der Waals surface area contributed by atoms with E-state index in [0.29, 0.717) is 12.2 Å². The number of nitrogens with one attached hydrogen (secondary N) is 1. The van der Waals surface area contributed by atoms with Gasteiger partial charge in [0.25, 0.3) is 0 Å². The van der Waals surface area contributed by atoms with Crippen molar-refractivity contribution in [3.8, 4) is 0 Å². The Morgan fingerprint density at radius 1 is 1.12 bits per heavy atom. The number of alkyl halides is 2. The molecule has 3 aromatic rings. The first kappa shape index (κ1) is 18.3. The van der Waals surface area contributed by atoms with Crippen LogP contribution in [0.3, 0.4) is 0 Å². The number of aromatic nitrogens is 2. The van der Waals surface area contributed by atoms with Crippen LogP contribution < -0.4 is 5.32 Å². The molecule has 1 N–H and O–H groups in total. The van der Waals surface area contributed by atoms with Gasteiger partial charge in [0.1, 0.15) is 5.82 Å². The number of halogens is 2. The highest BCUT2D eigenvalue weighted by molar-refractivity contribution is 7.91. The largest absolute Gasteiger partial charge is 0.385 e. The third-order valence-electron chi connectivity index (χ3n) is 4.20. The van der Waals surface area contributed by atoms with Gasteiger partial charge in [-0.3, -0.25) is 0 Å². The summed E-state index contributed by atoms with van der Waals surface area (Å²) in [7, 11) is -2.56. The van der Waals surface area contributed by atoms with Gasteiger partial charge in [-0.1, -0.05) is 12.1 Å². The van der Waals surface area contributed by atoms with Crippen molar-refractivity contribution in [3.63, 3.8) is 0 Å². The monoisotopic (exact) mass is 379 g/mol. The SMILES string of the molecule is Cn1c(CCCNc2ccc(S(=O)(=O)C(F)F)cc2)nc2ccccc21. The van der Waals surface area contributed by atoms with Crippen LogP contribution in [0, 0.1) is 0 Å². The first-order valence-corrected chi connectivity index (χ1v) is 9.70. The molecule has 0 saturated carbocycles. The quantitative estimate of drug-likeness (QED) is 0.637. The average molecular weight is 379 g/mol. The molecule has 0 unspecified atom stereocenters. The first-order chi connectivity index (χ1) is 12.4. The number of imidazole rings is 1. The summed E-state index contributed by atoms with van der Waals surface area (Å²) in [5, 5.41) is 3.16. The molecule has 5 nitrogen and oxygen atoms in total. The van der Waals surface area contributed by atoms with Gasteiger partial charge in [-0.05, 0) is 42.8 Å². The van der Waals surface area contributed by atoms with Crippen molar-refractivity contribution in [1.29, 1.82) is 0 Å². The van der Waals surface area contributed by atoms with E-state index in [-0.39, 0.29) is 4.90 Å². The molecule has 0 aliphatic heterocycles. The minimum Gasteiger partial charge on any atom is -0.385 e. The van der Waals surface area contributed by atoms with E-state index in [2.05, 4.69) is 14.9 Å². The summed E-state index contributed by atoms with van der Waals surface area (Å²) < 4.78 is 49.9. The topological polar surface area (TPSA) is 64.0 Å². The molecular weight excluding hydrogens is 360 g/mol. The summed E-state index contributed by atoms with van der Waals surface area (Å²) in [6.07, 6.45) is 1.62. The average Bonchev–Trinajstić information content (AvgIpc) is 2.95. The molecule has 0 aliphatic carbocycles. The third-order valence-corrected chi connectivity index (χ3v) is 5.60. The lowest BCUT2D eigenvalue weighted by atomic mass is 10.2. The van der Waals surface area contributed by atoms with E-state index in [9.17, 15) is 17.2 Å². The predicted molar refractivity (Wildman–Crippen MR) is 97.2 cm³/mol. The standard InChI is InChI=1S/C18H19F2N3O2S/c1-23-16-6-3-2-5-15(16)22-17(23)7-4-12-21-13-8-10-14(11-9-13)26(24,25)18(19)20/h2-3,5-6,8-11,18,21H,4,7,12H2,1H3. The van der Waals surface area contributed by atoms with Gasteiger partial charge >= 0.3 is 5.76 Å². The molecule has 1 heterocycles. The molecule has 8 heteroatoms. The van der Waals surface area contributed by atoms with Crippen LogP contribution in [0.25, 0.3) is 11.0 Å². The minimum atomic E-state index is -4.54. The number of aryl methyl sites for hydroxylation is 2. The normalized spacial score (nSPS) is 12.0. The van der Waals surface area contributed by atoms with Crippen molar-refractivity contribution < 1.29 is 17.2 Å². The molecule has 0 amide bonds. The Morgan fingerprint density at radius 3 is 2.46 bits per heavy atom. The van der Waals surface area contributed by atoms with Crippen molar-refractivity contribution in [2.75, 3.05) is 11.9 Å². The summed E-state index contributed by atoms with van der Waals surface area (Å²) in [5.74, 6) is -2.42. The maximum Gasteiger partial charge on any atom is 0.341 e. The van der Waals surface area contributed by atoms with E-state index in [1.54, 1.807) is 0 Å². The van der Waals surface area contributed by atoms with Gasteiger partial charge in [-0.25, -0.2) is 13.4 Å². The van der Waals surface area contributed by atoms with E-state index in [0.717, 1.165) is 29.7 Å². The molecule has 0 atom stereocenters. The number of nitrogens with zero attached hydrogens (tertiary/aromatic N) is 2. The van der Waals surface area contributed by atoms with E-state index in [4.69, 9.17) is 0 Å². The van der Waals surface area contributed by atoms with Gasteiger partial charge in [-0.15, -0.1) is 0 Å². The van der Waals surface area contributed by atoms with Gasteiger partial charge < -0.3 is 9.88 Å². The highest BCUT2D eigenvalue weighted by atomic mass is 32.2. The van der Waals surface area contributed by atoms with Crippen molar-refractivity contribution in [3.05, 3.63) is 54.4 Å². The minimum absolute atomic E-state index is 0.377. The second-order valence-corrected chi connectivity index (χ2v) is 7.85. The number of para-hydroxylation sites is 2. The highest BCUT2D eigenvalue weighted by Gasteiger charge is 2.26. The molecule has 26 heavy (non-hydrogen) atoms. The fraction of sp³-hybridized carbons (Fsp3) is 0.278. The zero-order chi connectivity index (χ0) is 18.7. The molecule has 0 aliphatic rings. The van der Waals surface area contributed by atoms with Gasteiger partial charge in [0, 0.05) is 25.7 Å². The van der Waals surface area contributed by atoms with Crippen molar-refractivity contribution in [2.24, 2.45) is 7.05 Å². The summed E-state index contributed by atoms with van der Waals surface area (Å²) >= 11 is 0. The Labute approximate surface area is 150 Å². The molecule has 1 aromatic heterocycles. The van der Waals surface area contributed by atoms with Crippen LogP contribution in [0.4, 0.5) is 14.5 Å². The van der Waals surface area contributed by atoms with E-state index >= 15 is 0 Å². The number of fused-ring (bicyclic) bond motifs is 1. The maximum absolute atomic E-state index is 12.5. The van der Waals surface area contributed by atoms with Crippen LogP contribution in [0.15, 0.2) is 53.4 Å². The first-order valence-electron chi connectivity index (χ1n) is 8.16. The summed E-state index contributed by atoms with van der Waals surface area (Å²) in [6.45, 7) is 0.657. The van der Waals surface area contributed by atoms with Gasteiger partial charge in [0.05, 0.1) is 15.9 Å². The Kier molecular flexibility index (Phi) is 5.22. The van der Waals surface area contributed by atoms with E-state index in [1.165, 1.54) is 24.3 Å². The second kappa shape index (κ2) is 7.41. The Bertz CT molecular complexity index is 999. The van der Waals surface area contributed by atoms with Crippen molar-refractivity contribution in [1.82, 2.24) is 9.55 Å². The predicted octanol–water partition coefficient (Wildman–Crippen LogP) is 3.61. The number of benzene rings is 2. The lowest BCUT2D eigenvalue weighted by molar-refractivity contribution is 0.234. The number of rotatable bonds is 7. The lowest BCUT2D eigenvalue weighted by Crippen LogP contribution is -2.11. The molecule has 0 fully saturated rings. The number of hydrogen-bond donors (Lipinski definition) is 1. The molecule has 0 radical (unpaired) electrons. The molecule has 0 spiro atoms. The maximum atomic E-state index is 12.5. The third kappa shape index (κ3) is 3.70. The molecule has 2 aromatic carbocycles. The molecule has 0 bridgehead atoms. The van der Waals surface area contributed by atoms with Crippen LogP contribution in [0.2, 0.25) is 0 Å². The Morgan fingerprint density at radius 2 is 1.81 bits per heavy atom. The molecule has 138 valence electrons. The van der Waals surface area contributed by atoms with Crippen molar-refractivity contribution in [2.45, 2.75) is 23.5 Å². The van der Waals surface area contributed by atoms with Crippen LogP contribution in [-0.4, -0.2) is 30.3 Å². The van der Waals surface area contributed by atoms with E-state index < -0.39 is 15.6 Å². The molecule has 0 saturated heterocycles. The number of sulfone groups is 1. The second-order valence-electron chi connectivity index (χ2n) is 5.94. The molecule has 3 rings (SSSR count). The zero-order valence-corrected chi connectivity index (χ0v) is 15.0. The Hall–Kier alpha value is -2.48. The van der Waals surface area contributed by atoms with Crippen LogP contribution in [-0.2, 0) is 23.3 Å². The fourth-order valence-corrected chi connectivity index (χ4v) is 3.48. The fourth-order valence-electron chi connectivity index (χ4n) is 2.76. The summed E-state index contributed by atoms with van der Waals surface area (Å²) in [5.41, 5.74) is 2.74. The number of anilines is 1.